The number of aromatic nitrogens is 2. The predicted octanol–water partition coefficient (Wildman–Crippen LogP) is 0.567. The minimum Gasteiger partial charge on any atom is -0.481 e. The molecule has 1 aromatic heterocycles. The molecule has 0 saturated carbocycles. The second-order valence-electron chi connectivity index (χ2n) is 1.42. The van der Waals surface area contributed by atoms with Crippen LogP contribution in [0.4, 0.5) is 0 Å². The third-order valence-electron chi connectivity index (χ3n) is 0.478. The van der Waals surface area contributed by atoms with Gasteiger partial charge < -0.3 is 5.11 Å². The van der Waals surface area contributed by atoms with Crippen molar-refractivity contribution in [3.05, 3.63) is 24.8 Å². The number of rotatable bonds is 0. The zero-order valence-electron chi connectivity index (χ0n) is 5.56. The van der Waals surface area contributed by atoms with Crippen molar-refractivity contribution in [2.75, 3.05) is 0 Å². The molecule has 54 valence electrons. The van der Waals surface area contributed by atoms with Crippen LogP contribution in [-0.4, -0.2) is 21.0 Å². The molecule has 10 heavy (non-hydrogen) atoms. The van der Waals surface area contributed by atoms with Gasteiger partial charge in [-0.3, -0.25) is 4.79 Å². The first kappa shape index (κ1) is 8.55. The van der Waals surface area contributed by atoms with E-state index in [1.165, 1.54) is 6.33 Å². The molecule has 1 heterocycles. The number of carboxylic acid groups (broad SMARTS) is 1. The van der Waals surface area contributed by atoms with E-state index in [1.807, 2.05) is 0 Å². The van der Waals surface area contributed by atoms with Crippen molar-refractivity contribution in [1.29, 1.82) is 0 Å². The zero-order valence-corrected chi connectivity index (χ0v) is 5.56. The smallest absolute Gasteiger partial charge is 0.300 e. The summed E-state index contributed by atoms with van der Waals surface area (Å²) in [7, 11) is 0. The SMILES string of the molecule is CC(=O)O.c1cncnc1. The molecule has 0 bridgehead atoms. The lowest BCUT2D eigenvalue weighted by Crippen LogP contribution is -1.78. The second kappa shape index (κ2) is 5.68. The van der Waals surface area contributed by atoms with Crippen molar-refractivity contribution in [3.63, 3.8) is 0 Å². The average molecular weight is 140 g/mol. The number of nitrogens with zero attached hydrogens (tertiary/aromatic N) is 2. The average Bonchev–Trinajstić information content (AvgIpc) is 1.90. The lowest BCUT2D eigenvalue weighted by Gasteiger charge is -1.70. The molecule has 1 rings (SSSR count). The fraction of sp³-hybridized carbons (Fsp3) is 0.167. The van der Waals surface area contributed by atoms with Gasteiger partial charge in [-0.05, 0) is 6.07 Å². The first-order valence-electron chi connectivity index (χ1n) is 2.63. The van der Waals surface area contributed by atoms with Gasteiger partial charge in [0.25, 0.3) is 5.97 Å². The monoisotopic (exact) mass is 140 g/mol. The fourth-order valence-electron chi connectivity index (χ4n) is 0.253. The van der Waals surface area contributed by atoms with Crippen LogP contribution in [-0.2, 0) is 4.79 Å². The molecule has 0 spiro atoms. The van der Waals surface area contributed by atoms with Gasteiger partial charge in [-0.2, -0.15) is 0 Å². The van der Waals surface area contributed by atoms with Crippen LogP contribution >= 0.6 is 0 Å². The van der Waals surface area contributed by atoms with Gasteiger partial charge in [0.15, 0.2) is 0 Å². The van der Waals surface area contributed by atoms with Crippen LogP contribution in [0.15, 0.2) is 24.8 Å². The Morgan fingerprint density at radius 2 is 1.80 bits per heavy atom. The maximum absolute atomic E-state index is 9.00. The third kappa shape index (κ3) is 9.75. The van der Waals surface area contributed by atoms with Crippen LogP contribution in [0.3, 0.4) is 0 Å². The van der Waals surface area contributed by atoms with Crippen LogP contribution in [0.1, 0.15) is 6.92 Å². The van der Waals surface area contributed by atoms with Gasteiger partial charge >= 0.3 is 0 Å². The van der Waals surface area contributed by atoms with Crippen molar-refractivity contribution in [2.45, 2.75) is 6.92 Å². The summed E-state index contributed by atoms with van der Waals surface area (Å²) in [5, 5.41) is 7.42. The first-order valence-corrected chi connectivity index (χ1v) is 2.63. The topological polar surface area (TPSA) is 63.1 Å². The van der Waals surface area contributed by atoms with Gasteiger partial charge in [0.05, 0.1) is 0 Å². The Morgan fingerprint density at radius 3 is 1.90 bits per heavy atom. The van der Waals surface area contributed by atoms with Gasteiger partial charge in [-0.25, -0.2) is 9.97 Å². The molecule has 0 saturated heterocycles. The van der Waals surface area contributed by atoms with Crippen molar-refractivity contribution in [2.24, 2.45) is 0 Å². The number of hydrogen-bond acceptors (Lipinski definition) is 3. The Morgan fingerprint density at radius 1 is 1.40 bits per heavy atom. The van der Waals surface area contributed by atoms with Crippen LogP contribution < -0.4 is 0 Å². The number of carboxylic acids is 1. The van der Waals surface area contributed by atoms with E-state index in [9.17, 15) is 0 Å². The molecular formula is C6H8N2O2. The molecule has 0 fully saturated rings. The minimum atomic E-state index is -0.833. The van der Waals surface area contributed by atoms with Crippen molar-refractivity contribution >= 4 is 5.97 Å². The van der Waals surface area contributed by atoms with E-state index in [1.54, 1.807) is 18.5 Å². The van der Waals surface area contributed by atoms with E-state index < -0.39 is 5.97 Å². The van der Waals surface area contributed by atoms with Gasteiger partial charge in [0.1, 0.15) is 6.33 Å². The molecule has 0 aromatic carbocycles. The van der Waals surface area contributed by atoms with E-state index in [0.29, 0.717) is 0 Å². The summed E-state index contributed by atoms with van der Waals surface area (Å²) in [5.41, 5.74) is 0. The Labute approximate surface area is 58.6 Å². The second-order valence-corrected chi connectivity index (χ2v) is 1.42. The molecule has 0 amide bonds. The summed E-state index contributed by atoms with van der Waals surface area (Å²) < 4.78 is 0. The number of carbonyl (C=O) groups is 1. The number of aliphatic carboxylic acids is 1. The molecule has 4 nitrogen and oxygen atoms in total. The largest absolute Gasteiger partial charge is 0.481 e. The minimum absolute atomic E-state index is 0.833. The van der Waals surface area contributed by atoms with Gasteiger partial charge in [-0.1, -0.05) is 0 Å². The quantitative estimate of drug-likeness (QED) is 0.572. The molecule has 0 radical (unpaired) electrons. The lowest BCUT2D eigenvalue weighted by atomic mass is 10.7. The molecule has 1 aromatic rings. The maximum Gasteiger partial charge on any atom is 0.300 e. The van der Waals surface area contributed by atoms with E-state index in [4.69, 9.17) is 9.90 Å². The molecule has 0 aliphatic carbocycles. The van der Waals surface area contributed by atoms with E-state index in [2.05, 4.69) is 9.97 Å². The molecule has 0 unspecified atom stereocenters. The van der Waals surface area contributed by atoms with Crippen LogP contribution in [0.2, 0.25) is 0 Å². The summed E-state index contributed by atoms with van der Waals surface area (Å²) >= 11 is 0. The van der Waals surface area contributed by atoms with Crippen LogP contribution in [0, 0.1) is 0 Å². The maximum atomic E-state index is 9.00. The van der Waals surface area contributed by atoms with Crippen LogP contribution in [0.5, 0.6) is 0 Å². The normalized spacial score (nSPS) is 7.30. The van der Waals surface area contributed by atoms with Crippen LogP contribution in [0.25, 0.3) is 0 Å². The third-order valence-corrected chi connectivity index (χ3v) is 0.478. The summed E-state index contributed by atoms with van der Waals surface area (Å²) in [5.74, 6) is -0.833. The van der Waals surface area contributed by atoms with Gasteiger partial charge in [-0.15, -0.1) is 0 Å². The molecule has 1 N–H and O–H groups in total. The highest BCUT2D eigenvalue weighted by Crippen LogP contribution is 1.66. The first-order chi connectivity index (χ1) is 4.73. The molecule has 4 heteroatoms. The Kier molecular flexibility index (Phi) is 4.86. The van der Waals surface area contributed by atoms with E-state index in [-0.39, 0.29) is 0 Å². The summed E-state index contributed by atoms with van der Waals surface area (Å²) in [6.07, 6.45) is 4.88. The zero-order chi connectivity index (χ0) is 7.82. The Hall–Kier alpha value is -1.45. The van der Waals surface area contributed by atoms with Crippen molar-refractivity contribution in [1.82, 2.24) is 9.97 Å². The summed E-state index contributed by atoms with van der Waals surface area (Å²) in [4.78, 5) is 16.3. The number of hydrogen-bond donors (Lipinski definition) is 1. The predicted molar refractivity (Wildman–Crippen MR) is 35.3 cm³/mol. The van der Waals surface area contributed by atoms with Crippen molar-refractivity contribution in [3.8, 4) is 0 Å². The molecule has 0 aliphatic heterocycles. The van der Waals surface area contributed by atoms with Crippen molar-refractivity contribution < 1.29 is 9.90 Å². The van der Waals surface area contributed by atoms with Gasteiger partial charge in [0, 0.05) is 19.3 Å². The standard InChI is InChI=1S/C4H4N2.C2H4O2/c1-2-5-4-6-3-1;1-2(3)4/h1-4H;1H3,(H,3,4). The Balaban J connectivity index is 0.000000180. The Bertz CT molecular complexity index is 146. The highest BCUT2D eigenvalue weighted by Gasteiger charge is 1.65. The highest BCUT2D eigenvalue weighted by molar-refractivity contribution is 5.62. The fourth-order valence-corrected chi connectivity index (χ4v) is 0.253. The highest BCUT2D eigenvalue weighted by atomic mass is 16.4. The van der Waals surface area contributed by atoms with E-state index >= 15 is 0 Å². The molecular weight excluding hydrogens is 132 g/mol. The molecule has 0 atom stereocenters. The summed E-state index contributed by atoms with van der Waals surface area (Å²) in [6, 6.07) is 1.78. The lowest BCUT2D eigenvalue weighted by molar-refractivity contribution is -0.134. The summed E-state index contributed by atoms with van der Waals surface area (Å²) in [6.45, 7) is 1.08. The van der Waals surface area contributed by atoms with E-state index in [0.717, 1.165) is 6.92 Å². The molecule has 0 aliphatic rings. The van der Waals surface area contributed by atoms with Gasteiger partial charge in [0.2, 0.25) is 0 Å².